The third-order valence-electron chi connectivity index (χ3n) is 2.04. The Balaban J connectivity index is 2.16. The van der Waals surface area contributed by atoms with Gasteiger partial charge in [-0.1, -0.05) is 5.16 Å². The molecule has 2 N–H and O–H groups in total. The summed E-state index contributed by atoms with van der Waals surface area (Å²) >= 11 is 0. The molecular formula is C10H8FN3O3. The summed E-state index contributed by atoms with van der Waals surface area (Å²) in [6.07, 6.45) is 2.67. The van der Waals surface area contributed by atoms with Crippen molar-refractivity contribution in [1.29, 1.82) is 0 Å². The van der Waals surface area contributed by atoms with E-state index in [1.54, 1.807) is 6.07 Å². The van der Waals surface area contributed by atoms with Gasteiger partial charge in [0.15, 0.2) is 17.4 Å². The van der Waals surface area contributed by atoms with Crippen molar-refractivity contribution in [1.82, 2.24) is 10.1 Å². The van der Waals surface area contributed by atoms with E-state index in [-0.39, 0.29) is 12.4 Å². The highest BCUT2D eigenvalue weighted by atomic mass is 19.1. The molecule has 0 aliphatic rings. The predicted molar refractivity (Wildman–Crippen MR) is 55.0 cm³/mol. The minimum atomic E-state index is -1.34. The van der Waals surface area contributed by atoms with Gasteiger partial charge in [-0.3, -0.25) is 0 Å². The van der Waals surface area contributed by atoms with Crippen LogP contribution in [0.1, 0.15) is 16.1 Å². The Hall–Kier alpha value is -2.44. The summed E-state index contributed by atoms with van der Waals surface area (Å²) in [4.78, 5) is 14.4. The number of hydrogen-bond donors (Lipinski definition) is 2. The zero-order valence-electron chi connectivity index (χ0n) is 8.55. The van der Waals surface area contributed by atoms with E-state index < -0.39 is 17.3 Å². The van der Waals surface area contributed by atoms with Crippen molar-refractivity contribution in [2.24, 2.45) is 0 Å². The fourth-order valence-electron chi connectivity index (χ4n) is 1.24. The molecule has 0 atom stereocenters. The maximum Gasteiger partial charge on any atom is 0.338 e. The number of carboxylic acids is 1. The predicted octanol–water partition coefficient (Wildman–Crippen LogP) is 1.52. The van der Waals surface area contributed by atoms with E-state index in [9.17, 15) is 9.18 Å². The molecule has 2 aromatic rings. The fourth-order valence-corrected chi connectivity index (χ4v) is 1.24. The zero-order chi connectivity index (χ0) is 12.3. The normalized spacial score (nSPS) is 10.2. The van der Waals surface area contributed by atoms with E-state index in [1.807, 2.05) is 0 Å². The minimum absolute atomic E-state index is 0.138. The summed E-state index contributed by atoms with van der Waals surface area (Å²) in [5.74, 6) is -1.89. The smallest absolute Gasteiger partial charge is 0.338 e. The summed E-state index contributed by atoms with van der Waals surface area (Å²) in [5, 5.41) is 14.8. The Bertz CT molecular complexity index is 528. The van der Waals surface area contributed by atoms with Crippen molar-refractivity contribution in [2.75, 3.05) is 5.32 Å². The largest absolute Gasteiger partial charge is 0.478 e. The highest BCUT2D eigenvalue weighted by Crippen LogP contribution is 2.15. The number of anilines is 1. The van der Waals surface area contributed by atoms with Gasteiger partial charge in [-0.25, -0.2) is 14.2 Å². The van der Waals surface area contributed by atoms with Crippen LogP contribution in [0.3, 0.4) is 0 Å². The van der Waals surface area contributed by atoms with E-state index in [0.717, 1.165) is 6.07 Å². The number of aromatic nitrogens is 2. The Morgan fingerprint density at radius 3 is 2.94 bits per heavy atom. The number of halogens is 1. The second kappa shape index (κ2) is 4.60. The fraction of sp³-hybridized carbons (Fsp3) is 0.100. The van der Waals surface area contributed by atoms with Crippen LogP contribution in [0.4, 0.5) is 10.2 Å². The highest BCUT2D eigenvalue weighted by Gasteiger charge is 2.14. The first-order valence-electron chi connectivity index (χ1n) is 4.69. The molecule has 0 bridgehead atoms. The van der Waals surface area contributed by atoms with Gasteiger partial charge in [0.1, 0.15) is 5.56 Å². The second-order valence-electron chi connectivity index (χ2n) is 3.16. The molecule has 0 amide bonds. The standard InChI is InChI=1S/C10H8FN3O3/c11-8-7(10(15)16)2-3-12-9(8)13-5-6-1-4-14-17-6/h1-4H,5H2,(H,12,13)(H,15,16). The summed E-state index contributed by atoms with van der Waals surface area (Å²) in [6.45, 7) is 0.174. The maximum absolute atomic E-state index is 13.6. The van der Waals surface area contributed by atoms with E-state index in [1.165, 1.54) is 12.4 Å². The Kier molecular flexibility index (Phi) is 2.99. The number of pyridine rings is 1. The zero-order valence-corrected chi connectivity index (χ0v) is 8.55. The van der Waals surface area contributed by atoms with Gasteiger partial charge in [-0.2, -0.15) is 0 Å². The summed E-state index contributed by atoms with van der Waals surface area (Å²) in [5.41, 5.74) is -0.430. The van der Waals surface area contributed by atoms with E-state index >= 15 is 0 Å². The number of carboxylic acid groups (broad SMARTS) is 1. The number of nitrogens with one attached hydrogen (secondary N) is 1. The molecule has 2 rings (SSSR count). The van der Waals surface area contributed by atoms with Crippen molar-refractivity contribution >= 4 is 11.8 Å². The van der Waals surface area contributed by atoms with Crippen molar-refractivity contribution in [3.63, 3.8) is 0 Å². The van der Waals surface area contributed by atoms with Gasteiger partial charge < -0.3 is 14.9 Å². The average molecular weight is 237 g/mol. The number of aromatic carboxylic acids is 1. The summed E-state index contributed by atoms with van der Waals surface area (Å²) < 4.78 is 18.4. The first-order chi connectivity index (χ1) is 8.18. The molecule has 0 saturated heterocycles. The first kappa shape index (κ1) is 11.1. The van der Waals surface area contributed by atoms with Gasteiger partial charge in [0.05, 0.1) is 12.7 Å². The van der Waals surface area contributed by atoms with Crippen LogP contribution in [0.25, 0.3) is 0 Å². The molecule has 0 aliphatic heterocycles. The van der Waals surface area contributed by atoms with Crippen molar-refractivity contribution < 1.29 is 18.8 Å². The van der Waals surface area contributed by atoms with E-state index in [2.05, 4.69) is 15.5 Å². The Labute approximate surface area is 95.1 Å². The summed E-state index contributed by atoms with van der Waals surface area (Å²) in [6, 6.07) is 2.70. The van der Waals surface area contributed by atoms with Crippen LogP contribution in [0, 0.1) is 5.82 Å². The van der Waals surface area contributed by atoms with Crippen molar-refractivity contribution in [3.8, 4) is 0 Å². The second-order valence-corrected chi connectivity index (χ2v) is 3.16. The third kappa shape index (κ3) is 2.39. The van der Waals surface area contributed by atoms with Gasteiger partial charge in [-0.15, -0.1) is 0 Å². The molecule has 2 aromatic heterocycles. The van der Waals surface area contributed by atoms with Gasteiger partial charge in [0.2, 0.25) is 0 Å². The van der Waals surface area contributed by atoms with Gasteiger partial charge >= 0.3 is 5.97 Å². The molecule has 0 aliphatic carbocycles. The quantitative estimate of drug-likeness (QED) is 0.838. The van der Waals surface area contributed by atoms with Crippen LogP contribution >= 0.6 is 0 Å². The lowest BCUT2D eigenvalue weighted by molar-refractivity contribution is 0.0692. The Morgan fingerprint density at radius 2 is 2.29 bits per heavy atom. The molecular weight excluding hydrogens is 229 g/mol. The van der Waals surface area contributed by atoms with Gasteiger partial charge in [-0.05, 0) is 6.07 Å². The topological polar surface area (TPSA) is 88.2 Å². The highest BCUT2D eigenvalue weighted by molar-refractivity contribution is 5.88. The van der Waals surface area contributed by atoms with Gasteiger partial charge in [0.25, 0.3) is 0 Å². The molecule has 0 spiro atoms. The van der Waals surface area contributed by atoms with Crippen LogP contribution in [-0.2, 0) is 6.54 Å². The van der Waals surface area contributed by atoms with Crippen LogP contribution in [-0.4, -0.2) is 21.2 Å². The number of rotatable bonds is 4. The maximum atomic E-state index is 13.6. The Morgan fingerprint density at radius 1 is 1.47 bits per heavy atom. The van der Waals surface area contributed by atoms with Gasteiger partial charge in [0, 0.05) is 12.3 Å². The van der Waals surface area contributed by atoms with Crippen LogP contribution in [0.2, 0.25) is 0 Å². The van der Waals surface area contributed by atoms with Crippen molar-refractivity contribution in [2.45, 2.75) is 6.54 Å². The number of carbonyl (C=O) groups is 1. The first-order valence-corrected chi connectivity index (χ1v) is 4.69. The SMILES string of the molecule is O=C(O)c1ccnc(NCc2ccno2)c1F. The molecule has 0 aromatic carbocycles. The average Bonchev–Trinajstić information content (AvgIpc) is 2.80. The lowest BCUT2D eigenvalue weighted by atomic mass is 10.2. The van der Waals surface area contributed by atoms with Crippen molar-refractivity contribution in [3.05, 3.63) is 41.7 Å². The van der Waals surface area contributed by atoms with Crippen LogP contribution in [0.5, 0.6) is 0 Å². The molecule has 7 heteroatoms. The van der Waals surface area contributed by atoms with E-state index in [0.29, 0.717) is 5.76 Å². The molecule has 88 valence electrons. The van der Waals surface area contributed by atoms with Crippen LogP contribution in [0.15, 0.2) is 29.0 Å². The monoisotopic (exact) mass is 237 g/mol. The molecule has 0 fully saturated rings. The summed E-state index contributed by atoms with van der Waals surface area (Å²) in [7, 11) is 0. The molecule has 0 saturated carbocycles. The number of hydrogen-bond acceptors (Lipinski definition) is 5. The minimum Gasteiger partial charge on any atom is -0.478 e. The molecule has 6 nitrogen and oxygen atoms in total. The lowest BCUT2D eigenvalue weighted by Crippen LogP contribution is -2.08. The van der Waals surface area contributed by atoms with E-state index in [4.69, 9.17) is 9.63 Å². The molecule has 17 heavy (non-hydrogen) atoms. The number of nitrogens with zero attached hydrogens (tertiary/aromatic N) is 2. The molecule has 0 radical (unpaired) electrons. The third-order valence-corrected chi connectivity index (χ3v) is 2.04. The molecule has 2 heterocycles. The molecule has 0 unspecified atom stereocenters. The van der Waals surface area contributed by atoms with Crippen LogP contribution < -0.4 is 5.32 Å². The lowest BCUT2D eigenvalue weighted by Gasteiger charge is -2.05.